The molecule has 1 N–H and O–H groups in total. The van der Waals surface area contributed by atoms with Crippen LogP contribution in [0, 0.1) is 0 Å². The number of hydrogen-bond donors (Lipinski definition) is 1. The third-order valence-electron chi connectivity index (χ3n) is 4.59. The van der Waals surface area contributed by atoms with E-state index in [9.17, 15) is 4.79 Å². The van der Waals surface area contributed by atoms with E-state index in [1.807, 2.05) is 4.90 Å². The van der Waals surface area contributed by atoms with Crippen LogP contribution < -0.4 is 0 Å². The van der Waals surface area contributed by atoms with E-state index in [1.165, 1.54) is 0 Å². The van der Waals surface area contributed by atoms with Gasteiger partial charge in [0, 0.05) is 39.1 Å². The fraction of sp³-hybridized carbons (Fsp3) is 0.556. The molecule has 142 valence electrons. The molecule has 3 heterocycles. The lowest BCUT2D eigenvalue weighted by molar-refractivity contribution is 0.0729. The summed E-state index contributed by atoms with van der Waals surface area (Å²) in [5.74, 6) is 1.13. The van der Waals surface area contributed by atoms with E-state index in [1.54, 1.807) is 12.1 Å². The van der Waals surface area contributed by atoms with Crippen molar-refractivity contribution in [2.24, 2.45) is 0 Å². The lowest BCUT2D eigenvalue weighted by Crippen LogP contribution is -2.35. The van der Waals surface area contributed by atoms with Crippen molar-refractivity contribution in [2.75, 3.05) is 26.2 Å². The van der Waals surface area contributed by atoms with Gasteiger partial charge in [-0.3, -0.25) is 9.69 Å². The van der Waals surface area contributed by atoms with Gasteiger partial charge >= 0.3 is 0 Å². The third-order valence-corrected chi connectivity index (χ3v) is 5.10. The number of H-pyrrole nitrogens is 1. The number of carbonyl (C=O) groups excluding carboxylic acids is 1. The van der Waals surface area contributed by atoms with Crippen LogP contribution in [0.15, 0.2) is 16.5 Å². The first kappa shape index (κ1) is 19.3. The van der Waals surface area contributed by atoms with Crippen molar-refractivity contribution in [1.82, 2.24) is 19.8 Å². The van der Waals surface area contributed by atoms with E-state index in [4.69, 9.17) is 27.6 Å². The van der Waals surface area contributed by atoms with Gasteiger partial charge < -0.3 is 14.3 Å². The highest BCUT2D eigenvalue weighted by Gasteiger charge is 2.23. The number of nitrogens with one attached hydrogen (secondary N) is 1. The summed E-state index contributed by atoms with van der Waals surface area (Å²) in [4.78, 5) is 24.4. The standard InChI is InChI=1S/C18H24Cl2N4O2/c1-2-3-5-16-21-13(17(20)22-16)12-23-8-4-9-24(11-10-23)18(25)14-6-7-15(19)26-14/h6-7H,2-5,8-12H2,1H3,(H,21,22). The smallest absolute Gasteiger partial charge is 0.289 e. The molecular weight excluding hydrogens is 375 g/mol. The van der Waals surface area contributed by atoms with E-state index < -0.39 is 0 Å². The molecule has 1 saturated heterocycles. The fourth-order valence-corrected chi connectivity index (χ4v) is 3.50. The largest absolute Gasteiger partial charge is 0.440 e. The number of aromatic amines is 1. The number of rotatable bonds is 6. The summed E-state index contributed by atoms with van der Waals surface area (Å²) in [7, 11) is 0. The Labute approximate surface area is 163 Å². The van der Waals surface area contributed by atoms with Crippen LogP contribution in [0.3, 0.4) is 0 Å². The Morgan fingerprint density at radius 1 is 1.27 bits per heavy atom. The number of amides is 1. The van der Waals surface area contributed by atoms with E-state index in [0.717, 1.165) is 50.3 Å². The maximum Gasteiger partial charge on any atom is 0.289 e. The highest BCUT2D eigenvalue weighted by Crippen LogP contribution is 2.19. The monoisotopic (exact) mass is 398 g/mol. The van der Waals surface area contributed by atoms with Crippen molar-refractivity contribution in [2.45, 2.75) is 39.2 Å². The van der Waals surface area contributed by atoms with Crippen molar-refractivity contribution in [3.8, 4) is 0 Å². The molecule has 1 aliphatic rings. The Bertz CT molecular complexity index is 743. The molecule has 1 fully saturated rings. The molecule has 2 aromatic heterocycles. The summed E-state index contributed by atoms with van der Waals surface area (Å²) in [6.45, 7) is 5.90. The zero-order valence-corrected chi connectivity index (χ0v) is 16.4. The van der Waals surface area contributed by atoms with Crippen LogP contribution in [0.1, 0.15) is 48.3 Å². The van der Waals surface area contributed by atoms with Gasteiger partial charge in [-0.1, -0.05) is 24.9 Å². The number of carbonyl (C=O) groups is 1. The molecule has 0 bridgehead atoms. The van der Waals surface area contributed by atoms with Crippen molar-refractivity contribution in [3.63, 3.8) is 0 Å². The molecule has 6 nitrogen and oxygen atoms in total. The van der Waals surface area contributed by atoms with E-state index in [0.29, 0.717) is 30.5 Å². The molecular formula is C18H24Cl2N4O2. The lowest BCUT2D eigenvalue weighted by atomic mass is 10.2. The Kier molecular flexibility index (Phi) is 6.62. The predicted octanol–water partition coefficient (Wildman–Crippen LogP) is 4.00. The first-order valence-electron chi connectivity index (χ1n) is 9.07. The van der Waals surface area contributed by atoms with Gasteiger partial charge in [0.2, 0.25) is 0 Å². The zero-order valence-electron chi connectivity index (χ0n) is 14.9. The number of nitrogens with zero attached hydrogens (tertiary/aromatic N) is 3. The maximum absolute atomic E-state index is 12.5. The van der Waals surface area contributed by atoms with Crippen molar-refractivity contribution < 1.29 is 9.21 Å². The second-order valence-corrected chi connectivity index (χ2v) is 7.31. The fourth-order valence-electron chi connectivity index (χ4n) is 3.15. The van der Waals surface area contributed by atoms with Gasteiger partial charge in [-0.2, -0.15) is 0 Å². The Morgan fingerprint density at radius 2 is 2.12 bits per heavy atom. The molecule has 0 unspecified atom stereocenters. The third kappa shape index (κ3) is 4.81. The minimum Gasteiger partial charge on any atom is -0.440 e. The van der Waals surface area contributed by atoms with E-state index in [-0.39, 0.29) is 11.1 Å². The molecule has 0 aliphatic carbocycles. The van der Waals surface area contributed by atoms with Crippen LogP contribution >= 0.6 is 23.2 Å². The normalized spacial score (nSPS) is 16.0. The average Bonchev–Trinajstić information content (AvgIpc) is 3.12. The minimum atomic E-state index is -0.111. The molecule has 3 rings (SSSR count). The van der Waals surface area contributed by atoms with Crippen molar-refractivity contribution in [3.05, 3.63) is 39.8 Å². The summed E-state index contributed by atoms with van der Waals surface area (Å²) < 4.78 is 5.24. The predicted molar refractivity (Wildman–Crippen MR) is 102 cm³/mol. The zero-order chi connectivity index (χ0) is 18.5. The first-order chi connectivity index (χ1) is 12.6. The molecule has 0 spiro atoms. The summed E-state index contributed by atoms with van der Waals surface area (Å²) in [5.41, 5.74) is 0.954. The van der Waals surface area contributed by atoms with Gasteiger partial charge in [-0.15, -0.1) is 0 Å². The minimum absolute atomic E-state index is 0.111. The van der Waals surface area contributed by atoms with E-state index >= 15 is 0 Å². The van der Waals surface area contributed by atoms with Gasteiger partial charge in [0.25, 0.3) is 5.91 Å². The van der Waals surface area contributed by atoms with Crippen LogP contribution in [0.2, 0.25) is 10.4 Å². The first-order valence-corrected chi connectivity index (χ1v) is 9.82. The highest BCUT2D eigenvalue weighted by molar-refractivity contribution is 6.30. The summed E-state index contributed by atoms with van der Waals surface area (Å²) >= 11 is 12.1. The SMILES string of the molecule is CCCCc1nc(Cl)c(CN2CCCN(C(=O)c3ccc(Cl)o3)CC2)[nH]1. The molecule has 0 atom stereocenters. The van der Waals surface area contributed by atoms with Crippen LogP contribution in [0.5, 0.6) is 0 Å². The van der Waals surface area contributed by atoms with Gasteiger partial charge in [0.15, 0.2) is 16.1 Å². The number of aryl methyl sites for hydroxylation is 1. The molecule has 0 aromatic carbocycles. The molecule has 2 aromatic rings. The lowest BCUT2D eigenvalue weighted by Gasteiger charge is -2.21. The van der Waals surface area contributed by atoms with Crippen LogP contribution in [-0.4, -0.2) is 51.9 Å². The van der Waals surface area contributed by atoms with Crippen LogP contribution in [0.25, 0.3) is 0 Å². The number of furan rings is 1. The molecule has 1 aliphatic heterocycles. The maximum atomic E-state index is 12.5. The average molecular weight is 399 g/mol. The Hall–Kier alpha value is -1.50. The molecule has 0 saturated carbocycles. The number of halogens is 2. The molecule has 8 heteroatoms. The second-order valence-electron chi connectivity index (χ2n) is 6.58. The molecule has 1 amide bonds. The number of imidazole rings is 1. The summed E-state index contributed by atoms with van der Waals surface area (Å²) in [6.07, 6.45) is 4.05. The highest BCUT2D eigenvalue weighted by atomic mass is 35.5. The molecule has 26 heavy (non-hydrogen) atoms. The Balaban J connectivity index is 1.57. The Morgan fingerprint density at radius 3 is 2.85 bits per heavy atom. The van der Waals surface area contributed by atoms with Gasteiger partial charge in [0.05, 0.1) is 5.69 Å². The second kappa shape index (κ2) is 8.93. The van der Waals surface area contributed by atoms with Crippen LogP contribution in [-0.2, 0) is 13.0 Å². The van der Waals surface area contributed by atoms with Crippen LogP contribution in [0.4, 0.5) is 0 Å². The quantitative estimate of drug-likeness (QED) is 0.798. The van der Waals surface area contributed by atoms with Crippen molar-refractivity contribution >= 4 is 29.1 Å². The van der Waals surface area contributed by atoms with Gasteiger partial charge in [0.1, 0.15) is 5.82 Å². The van der Waals surface area contributed by atoms with Gasteiger partial charge in [-0.05, 0) is 36.6 Å². The van der Waals surface area contributed by atoms with E-state index in [2.05, 4.69) is 21.8 Å². The topological polar surface area (TPSA) is 65.4 Å². The summed E-state index contributed by atoms with van der Waals surface area (Å²) in [6, 6.07) is 3.21. The van der Waals surface area contributed by atoms with Gasteiger partial charge in [-0.25, -0.2) is 4.98 Å². The summed E-state index contributed by atoms with van der Waals surface area (Å²) in [5, 5.41) is 0.788. The number of hydrogen-bond acceptors (Lipinski definition) is 4. The van der Waals surface area contributed by atoms with Crippen molar-refractivity contribution in [1.29, 1.82) is 0 Å². The number of aromatic nitrogens is 2. The molecule has 0 radical (unpaired) electrons. The number of unbranched alkanes of at least 4 members (excludes halogenated alkanes) is 1.